The van der Waals surface area contributed by atoms with Gasteiger partial charge < -0.3 is 19.5 Å². The van der Waals surface area contributed by atoms with Gasteiger partial charge in [-0.3, -0.25) is 9.69 Å². The first-order chi connectivity index (χ1) is 16.6. The Bertz CT molecular complexity index is 1010. The number of carbonyl (C=O) groups is 1. The molecule has 3 aliphatic carbocycles. The summed E-state index contributed by atoms with van der Waals surface area (Å²) in [5.74, 6) is 2.75. The van der Waals surface area contributed by atoms with Crippen LogP contribution in [0.2, 0.25) is 0 Å². The number of carbonyl (C=O) groups excluding carboxylic acids is 1. The van der Waals surface area contributed by atoms with E-state index in [1.54, 1.807) is 0 Å². The van der Waals surface area contributed by atoms with Crippen molar-refractivity contribution in [3.05, 3.63) is 23.3 Å². The van der Waals surface area contributed by atoms with Crippen LogP contribution in [0.5, 0.6) is 11.5 Å². The molecule has 6 heteroatoms. The zero-order valence-electron chi connectivity index (χ0n) is 20.4. The lowest BCUT2D eigenvalue weighted by Gasteiger charge is -2.64. The number of aliphatic hydroxyl groups is 1. The van der Waals surface area contributed by atoms with Gasteiger partial charge in [-0.15, -0.1) is 0 Å². The second kappa shape index (κ2) is 7.60. The first kappa shape index (κ1) is 21.5. The number of unbranched alkanes of at least 4 members (excludes halogenated alkanes) is 1. The van der Waals surface area contributed by atoms with Crippen molar-refractivity contribution in [3.8, 4) is 11.5 Å². The van der Waals surface area contributed by atoms with Gasteiger partial charge in [0.05, 0.1) is 23.7 Å². The third-order valence-electron chi connectivity index (χ3n) is 9.98. The predicted molar refractivity (Wildman–Crippen MR) is 128 cm³/mol. The second-order valence-electron chi connectivity index (χ2n) is 11.8. The summed E-state index contributed by atoms with van der Waals surface area (Å²) in [5, 5.41) is 12.7. The molecule has 3 aliphatic heterocycles. The summed E-state index contributed by atoms with van der Waals surface area (Å²) in [6, 6.07) is 4.51. The molecule has 1 N–H and O–H groups in total. The number of nitrogens with zero attached hydrogens (tertiary/aromatic N) is 2. The molecule has 1 aromatic rings. The number of hydrogen-bond acceptors (Lipinski definition) is 5. The SMILES string of the molecule is CCCCOc1ccc2c3c1O[C@H]1[C@H](N4CCCC4=O)CC[C@@]4(O)[C@@H](C2)N(CC2CC2)CC[C@]314. The summed E-state index contributed by atoms with van der Waals surface area (Å²) in [7, 11) is 0. The maximum absolute atomic E-state index is 12.8. The molecule has 184 valence electrons. The van der Waals surface area contributed by atoms with Crippen LogP contribution in [0.3, 0.4) is 0 Å². The van der Waals surface area contributed by atoms with Gasteiger partial charge >= 0.3 is 0 Å². The van der Waals surface area contributed by atoms with Crippen LogP contribution in [0.4, 0.5) is 0 Å². The van der Waals surface area contributed by atoms with Crippen LogP contribution in [0, 0.1) is 5.92 Å². The molecule has 2 bridgehead atoms. The van der Waals surface area contributed by atoms with Crippen LogP contribution in [-0.4, -0.2) is 70.8 Å². The minimum absolute atomic E-state index is 0.0350. The topological polar surface area (TPSA) is 62.2 Å². The average Bonchev–Trinajstić information content (AvgIpc) is 3.43. The highest BCUT2D eigenvalue weighted by molar-refractivity contribution is 5.79. The summed E-state index contributed by atoms with van der Waals surface area (Å²) in [6.07, 6.45) is 9.48. The van der Waals surface area contributed by atoms with Crippen molar-refractivity contribution in [2.75, 3.05) is 26.2 Å². The Morgan fingerprint density at radius 2 is 2.09 bits per heavy atom. The van der Waals surface area contributed by atoms with Gasteiger partial charge in [0.15, 0.2) is 11.5 Å². The Kier molecular flexibility index (Phi) is 4.81. The monoisotopic (exact) mass is 466 g/mol. The molecule has 5 atom stereocenters. The number of likely N-dealkylation sites (tertiary alicyclic amines) is 2. The number of hydrogen-bond donors (Lipinski definition) is 1. The van der Waals surface area contributed by atoms with Crippen molar-refractivity contribution >= 4 is 5.91 Å². The Morgan fingerprint density at radius 3 is 2.85 bits per heavy atom. The minimum atomic E-state index is -0.815. The number of piperidine rings is 1. The van der Waals surface area contributed by atoms with E-state index >= 15 is 0 Å². The summed E-state index contributed by atoms with van der Waals surface area (Å²) >= 11 is 0. The standard InChI is InChI=1S/C28H38N2O4/c1-2-3-15-33-21-9-8-19-16-22-28(32)11-10-20(30-13-4-5-23(30)31)26-27(28,24(19)25(21)34-26)12-14-29(22)17-18-6-7-18/h8-9,18,20,22,26,32H,2-7,10-17H2,1H3/t20-,22-,26+,27+,28-/m1/s1. The van der Waals surface area contributed by atoms with Gasteiger partial charge in [0.2, 0.25) is 5.91 Å². The van der Waals surface area contributed by atoms with Gasteiger partial charge in [0.1, 0.15) is 6.10 Å². The lowest BCUT2D eigenvalue weighted by molar-refractivity contribution is -0.200. The van der Waals surface area contributed by atoms with Gasteiger partial charge in [-0.2, -0.15) is 0 Å². The molecule has 0 radical (unpaired) electrons. The van der Waals surface area contributed by atoms with Crippen LogP contribution in [0.1, 0.15) is 75.8 Å². The van der Waals surface area contributed by atoms with Gasteiger partial charge in [-0.1, -0.05) is 19.4 Å². The van der Waals surface area contributed by atoms with Crippen molar-refractivity contribution in [2.45, 2.75) is 100 Å². The molecule has 7 rings (SSSR count). The molecule has 0 unspecified atom stereocenters. The summed E-state index contributed by atoms with van der Waals surface area (Å²) in [5.41, 5.74) is 1.28. The van der Waals surface area contributed by atoms with E-state index in [2.05, 4.69) is 28.9 Å². The molecule has 6 aliphatic rings. The maximum Gasteiger partial charge on any atom is 0.223 e. The average molecular weight is 467 g/mol. The van der Waals surface area contributed by atoms with Crippen molar-refractivity contribution in [1.29, 1.82) is 0 Å². The molecule has 0 aromatic heterocycles. The number of rotatable bonds is 7. The normalized spacial score (nSPS) is 38.1. The van der Waals surface area contributed by atoms with E-state index in [9.17, 15) is 9.90 Å². The Balaban J connectivity index is 1.35. The molecule has 2 saturated carbocycles. The lowest BCUT2D eigenvalue weighted by atomic mass is 9.48. The molecule has 34 heavy (non-hydrogen) atoms. The van der Waals surface area contributed by atoms with Crippen LogP contribution in [-0.2, 0) is 16.6 Å². The van der Waals surface area contributed by atoms with Gasteiger partial charge in [0, 0.05) is 31.1 Å². The van der Waals surface area contributed by atoms with Gasteiger partial charge in [0.25, 0.3) is 0 Å². The van der Waals surface area contributed by atoms with Crippen molar-refractivity contribution in [2.24, 2.45) is 5.92 Å². The van der Waals surface area contributed by atoms with Gasteiger partial charge in [-0.25, -0.2) is 0 Å². The first-order valence-electron chi connectivity index (χ1n) is 13.8. The highest BCUT2D eigenvalue weighted by Gasteiger charge is 2.73. The van der Waals surface area contributed by atoms with E-state index in [-0.39, 0.29) is 24.1 Å². The summed E-state index contributed by atoms with van der Waals surface area (Å²) in [6.45, 7) is 5.79. The molecular weight excluding hydrogens is 428 g/mol. The first-order valence-corrected chi connectivity index (χ1v) is 13.8. The fraction of sp³-hybridized carbons (Fsp3) is 0.750. The molecular formula is C28H38N2O4. The van der Waals surface area contributed by atoms with Crippen molar-refractivity contribution in [1.82, 2.24) is 9.80 Å². The fourth-order valence-corrected chi connectivity index (χ4v) is 8.22. The van der Waals surface area contributed by atoms with Crippen LogP contribution < -0.4 is 9.47 Å². The van der Waals surface area contributed by atoms with Crippen LogP contribution >= 0.6 is 0 Å². The highest BCUT2D eigenvalue weighted by Crippen LogP contribution is 2.66. The van der Waals surface area contributed by atoms with E-state index in [0.29, 0.717) is 13.0 Å². The molecule has 1 amide bonds. The number of ether oxygens (including phenoxy) is 2. The van der Waals surface area contributed by atoms with Crippen LogP contribution in [0.25, 0.3) is 0 Å². The Morgan fingerprint density at radius 1 is 1.21 bits per heavy atom. The smallest absolute Gasteiger partial charge is 0.223 e. The Labute approximate surface area is 202 Å². The predicted octanol–water partition coefficient (Wildman–Crippen LogP) is 3.42. The molecule has 6 nitrogen and oxygen atoms in total. The maximum atomic E-state index is 12.8. The largest absolute Gasteiger partial charge is 0.490 e. The quantitative estimate of drug-likeness (QED) is 0.624. The van der Waals surface area contributed by atoms with E-state index in [1.165, 1.54) is 24.0 Å². The third-order valence-corrected chi connectivity index (χ3v) is 9.98. The van der Waals surface area contributed by atoms with Crippen molar-refractivity contribution in [3.63, 3.8) is 0 Å². The second-order valence-corrected chi connectivity index (χ2v) is 11.8. The van der Waals surface area contributed by atoms with Gasteiger partial charge in [-0.05, 0) is 75.5 Å². The highest BCUT2D eigenvalue weighted by atomic mass is 16.5. The fourth-order valence-electron chi connectivity index (χ4n) is 8.22. The minimum Gasteiger partial charge on any atom is -0.490 e. The number of benzene rings is 1. The molecule has 3 heterocycles. The Hall–Kier alpha value is -1.79. The zero-order valence-corrected chi connectivity index (χ0v) is 20.4. The summed E-state index contributed by atoms with van der Waals surface area (Å²) < 4.78 is 13.2. The molecule has 2 saturated heterocycles. The summed E-state index contributed by atoms with van der Waals surface area (Å²) in [4.78, 5) is 17.5. The third kappa shape index (κ3) is 2.78. The zero-order chi connectivity index (χ0) is 23.1. The lowest BCUT2D eigenvalue weighted by Crippen LogP contribution is -2.78. The molecule has 4 fully saturated rings. The van der Waals surface area contributed by atoms with E-state index < -0.39 is 11.0 Å². The van der Waals surface area contributed by atoms with E-state index in [1.807, 2.05) is 0 Å². The molecule has 1 spiro atoms. The van der Waals surface area contributed by atoms with E-state index in [0.717, 1.165) is 82.0 Å². The van der Waals surface area contributed by atoms with Crippen molar-refractivity contribution < 1.29 is 19.4 Å². The van der Waals surface area contributed by atoms with Crippen LogP contribution in [0.15, 0.2) is 12.1 Å². The van der Waals surface area contributed by atoms with E-state index in [4.69, 9.17) is 9.47 Å². The molecule has 1 aromatic carbocycles. The number of amides is 1.